The van der Waals surface area contributed by atoms with Crippen molar-refractivity contribution in [2.75, 3.05) is 32.8 Å². The van der Waals surface area contributed by atoms with Gasteiger partial charge in [-0.1, -0.05) is 41.9 Å². The van der Waals surface area contributed by atoms with Gasteiger partial charge in [0.05, 0.1) is 0 Å². The lowest BCUT2D eigenvalue weighted by Crippen LogP contribution is -2.51. The Hall–Kier alpha value is -2.53. The van der Waals surface area contributed by atoms with Crippen LogP contribution < -0.4 is 4.74 Å². The Labute approximate surface area is 177 Å². The van der Waals surface area contributed by atoms with Gasteiger partial charge in [0.1, 0.15) is 5.75 Å². The summed E-state index contributed by atoms with van der Waals surface area (Å²) in [5, 5.41) is 0.719. The van der Waals surface area contributed by atoms with Crippen molar-refractivity contribution in [3.8, 4) is 5.75 Å². The van der Waals surface area contributed by atoms with Crippen LogP contribution in [0, 0.1) is 13.8 Å². The molecule has 2 aromatic carbocycles. The molecule has 0 aliphatic carbocycles. The highest BCUT2D eigenvalue weighted by atomic mass is 35.5. The fourth-order valence-corrected chi connectivity index (χ4v) is 3.59. The van der Waals surface area contributed by atoms with E-state index in [0.717, 1.165) is 22.6 Å². The summed E-state index contributed by atoms with van der Waals surface area (Å²) < 4.78 is 5.67. The quantitative estimate of drug-likeness (QED) is 0.725. The number of hydrogen-bond acceptors (Lipinski definition) is 3. The van der Waals surface area contributed by atoms with E-state index < -0.39 is 0 Å². The fourth-order valence-electron chi connectivity index (χ4n) is 3.49. The van der Waals surface area contributed by atoms with Crippen molar-refractivity contribution in [2.24, 2.45) is 0 Å². The molecule has 0 atom stereocenters. The second-order valence-corrected chi connectivity index (χ2v) is 7.78. The number of benzene rings is 2. The summed E-state index contributed by atoms with van der Waals surface area (Å²) in [6.07, 6.45) is 1.24. The summed E-state index contributed by atoms with van der Waals surface area (Å²) >= 11 is 6.17. The number of hydrogen-bond donors (Lipinski definition) is 0. The molecule has 2 amide bonds. The van der Waals surface area contributed by atoms with E-state index in [1.165, 1.54) is 5.56 Å². The summed E-state index contributed by atoms with van der Waals surface area (Å²) in [5.41, 5.74) is 3.02. The van der Waals surface area contributed by atoms with Crippen molar-refractivity contribution in [3.05, 3.63) is 64.2 Å². The number of piperazine rings is 1. The lowest BCUT2D eigenvalue weighted by molar-refractivity contribution is -0.140. The van der Waals surface area contributed by atoms with Crippen LogP contribution in [0.5, 0.6) is 5.75 Å². The van der Waals surface area contributed by atoms with Crippen molar-refractivity contribution in [1.82, 2.24) is 9.80 Å². The molecule has 0 bridgehead atoms. The Balaban J connectivity index is 1.42. The van der Waals surface area contributed by atoms with E-state index in [1.807, 2.05) is 61.2 Å². The van der Waals surface area contributed by atoms with Gasteiger partial charge in [0, 0.05) is 37.6 Å². The van der Waals surface area contributed by atoms with E-state index in [-0.39, 0.29) is 18.4 Å². The van der Waals surface area contributed by atoms with E-state index >= 15 is 0 Å². The van der Waals surface area contributed by atoms with Crippen LogP contribution in [0.1, 0.15) is 23.1 Å². The SMILES string of the molecule is Cc1cc(OCC(=O)N2CCN(C(=O)CCc3ccccc3)CC2)cc(C)c1Cl. The zero-order valence-electron chi connectivity index (χ0n) is 17.0. The summed E-state index contributed by atoms with van der Waals surface area (Å²) in [6.45, 7) is 6.03. The van der Waals surface area contributed by atoms with Gasteiger partial charge >= 0.3 is 0 Å². The molecule has 3 rings (SSSR count). The smallest absolute Gasteiger partial charge is 0.260 e. The molecule has 154 valence electrons. The van der Waals surface area contributed by atoms with Gasteiger partial charge in [-0.15, -0.1) is 0 Å². The number of ether oxygens (including phenoxy) is 1. The second-order valence-electron chi connectivity index (χ2n) is 7.41. The van der Waals surface area contributed by atoms with Crippen molar-refractivity contribution in [2.45, 2.75) is 26.7 Å². The topological polar surface area (TPSA) is 49.9 Å². The third-order valence-electron chi connectivity index (χ3n) is 5.23. The number of amides is 2. The van der Waals surface area contributed by atoms with Gasteiger partial charge in [-0.05, 0) is 49.1 Å². The molecular weight excluding hydrogens is 388 g/mol. The third-order valence-corrected chi connectivity index (χ3v) is 5.82. The zero-order valence-corrected chi connectivity index (χ0v) is 17.7. The lowest BCUT2D eigenvalue weighted by atomic mass is 10.1. The monoisotopic (exact) mass is 414 g/mol. The van der Waals surface area contributed by atoms with Crippen LogP contribution in [0.4, 0.5) is 0 Å². The Bertz CT molecular complexity index is 839. The minimum absolute atomic E-state index is 0.0114. The van der Waals surface area contributed by atoms with Crippen LogP contribution >= 0.6 is 11.6 Å². The van der Waals surface area contributed by atoms with Crippen molar-refractivity contribution in [3.63, 3.8) is 0 Å². The van der Waals surface area contributed by atoms with Crippen LogP contribution in [0.3, 0.4) is 0 Å². The maximum Gasteiger partial charge on any atom is 0.260 e. The highest BCUT2D eigenvalue weighted by Crippen LogP contribution is 2.25. The van der Waals surface area contributed by atoms with E-state index in [1.54, 1.807) is 4.90 Å². The molecule has 29 heavy (non-hydrogen) atoms. The fraction of sp³-hybridized carbons (Fsp3) is 0.391. The Morgan fingerprint density at radius 1 is 0.931 bits per heavy atom. The number of nitrogens with zero attached hydrogens (tertiary/aromatic N) is 2. The third kappa shape index (κ3) is 5.73. The van der Waals surface area contributed by atoms with Gasteiger partial charge in [-0.25, -0.2) is 0 Å². The number of aryl methyl sites for hydroxylation is 3. The first-order chi connectivity index (χ1) is 13.9. The number of halogens is 1. The Kier molecular flexibility index (Phi) is 7.15. The normalized spacial score (nSPS) is 14.0. The van der Waals surface area contributed by atoms with Crippen molar-refractivity contribution < 1.29 is 14.3 Å². The van der Waals surface area contributed by atoms with E-state index in [9.17, 15) is 9.59 Å². The predicted octanol–water partition coefficient (Wildman–Crippen LogP) is 3.64. The van der Waals surface area contributed by atoms with Crippen LogP contribution in [-0.2, 0) is 16.0 Å². The molecule has 0 unspecified atom stereocenters. The first-order valence-electron chi connectivity index (χ1n) is 9.93. The van der Waals surface area contributed by atoms with Crippen molar-refractivity contribution >= 4 is 23.4 Å². The average Bonchev–Trinajstić information content (AvgIpc) is 2.74. The predicted molar refractivity (Wildman–Crippen MR) is 114 cm³/mol. The van der Waals surface area contributed by atoms with E-state index in [0.29, 0.717) is 38.3 Å². The molecule has 1 heterocycles. The number of carbonyl (C=O) groups excluding carboxylic acids is 2. The number of rotatable bonds is 6. The molecule has 1 aliphatic heterocycles. The van der Waals surface area contributed by atoms with Gasteiger partial charge < -0.3 is 14.5 Å². The standard InChI is InChI=1S/C23H27ClN2O3/c1-17-14-20(15-18(2)23(17)24)29-16-22(28)26-12-10-25(11-13-26)21(27)9-8-19-6-4-3-5-7-19/h3-7,14-15H,8-13,16H2,1-2H3. The molecule has 1 fully saturated rings. The molecule has 1 aliphatic rings. The minimum atomic E-state index is -0.0633. The van der Waals surface area contributed by atoms with Crippen LogP contribution in [0.25, 0.3) is 0 Å². The van der Waals surface area contributed by atoms with Crippen LogP contribution in [-0.4, -0.2) is 54.4 Å². The molecule has 2 aromatic rings. The van der Waals surface area contributed by atoms with Gasteiger partial charge in [-0.2, -0.15) is 0 Å². The molecule has 5 nitrogen and oxygen atoms in total. The summed E-state index contributed by atoms with van der Waals surface area (Å²) in [4.78, 5) is 28.5. The van der Waals surface area contributed by atoms with Gasteiger partial charge in [-0.3, -0.25) is 9.59 Å². The van der Waals surface area contributed by atoms with Gasteiger partial charge in [0.25, 0.3) is 5.91 Å². The molecule has 0 aromatic heterocycles. The first kappa shape index (κ1) is 21.2. The second kappa shape index (κ2) is 9.79. The Morgan fingerprint density at radius 2 is 1.48 bits per heavy atom. The van der Waals surface area contributed by atoms with Gasteiger partial charge in [0.2, 0.25) is 5.91 Å². The van der Waals surface area contributed by atoms with Crippen LogP contribution in [0.15, 0.2) is 42.5 Å². The maximum absolute atomic E-state index is 12.5. The summed E-state index contributed by atoms with van der Waals surface area (Å²) in [6, 6.07) is 13.7. The molecule has 0 N–H and O–H groups in total. The largest absolute Gasteiger partial charge is 0.484 e. The molecular formula is C23H27ClN2O3. The molecule has 1 saturated heterocycles. The maximum atomic E-state index is 12.5. The average molecular weight is 415 g/mol. The lowest BCUT2D eigenvalue weighted by Gasteiger charge is -2.34. The number of carbonyl (C=O) groups is 2. The van der Waals surface area contributed by atoms with Gasteiger partial charge in [0.15, 0.2) is 6.61 Å². The van der Waals surface area contributed by atoms with E-state index in [4.69, 9.17) is 16.3 Å². The molecule has 0 saturated carbocycles. The molecule has 0 spiro atoms. The summed E-state index contributed by atoms with van der Waals surface area (Å²) in [5.74, 6) is 0.725. The molecule has 0 radical (unpaired) electrons. The highest BCUT2D eigenvalue weighted by Gasteiger charge is 2.24. The van der Waals surface area contributed by atoms with E-state index in [2.05, 4.69) is 0 Å². The Morgan fingerprint density at radius 3 is 2.07 bits per heavy atom. The molecule has 6 heteroatoms. The van der Waals surface area contributed by atoms with Crippen LogP contribution in [0.2, 0.25) is 5.02 Å². The minimum Gasteiger partial charge on any atom is -0.484 e. The summed E-state index contributed by atoms with van der Waals surface area (Å²) in [7, 11) is 0. The van der Waals surface area contributed by atoms with Crippen molar-refractivity contribution in [1.29, 1.82) is 0 Å². The first-order valence-corrected chi connectivity index (χ1v) is 10.3. The zero-order chi connectivity index (χ0) is 20.8. The highest BCUT2D eigenvalue weighted by molar-refractivity contribution is 6.32.